The van der Waals surface area contributed by atoms with E-state index < -0.39 is 0 Å². The number of nitrogens with two attached hydrogens (primary N) is 1. The third kappa shape index (κ3) is 2.07. The summed E-state index contributed by atoms with van der Waals surface area (Å²) in [6, 6.07) is 13.0. The molecule has 5 heteroatoms. The Hall–Kier alpha value is -1.59. The number of nitrogens with zero attached hydrogens (tertiary/aromatic N) is 1. The highest BCUT2D eigenvalue weighted by Gasteiger charge is 2.07. The molecule has 1 heterocycles. The van der Waals surface area contributed by atoms with Crippen molar-refractivity contribution in [3.05, 3.63) is 42.5 Å². The highest BCUT2D eigenvalue weighted by molar-refractivity contribution is 7.94. The van der Waals surface area contributed by atoms with Gasteiger partial charge in [-0.05, 0) is 42.5 Å². The maximum atomic E-state index is 12.5. The summed E-state index contributed by atoms with van der Waals surface area (Å²) in [7, 11) is 0. The van der Waals surface area contributed by atoms with Gasteiger partial charge in [0.1, 0.15) is 5.01 Å². The van der Waals surface area contributed by atoms with E-state index in [0.717, 1.165) is 26.5 Å². The summed E-state index contributed by atoms with van der Waals surface area (Å²) in [6.07, 6.45) is 0. The molecule has 0 bridgehead atoms. The summed E-state index contributed by atoms with van der Waals surface area (Å²) in [5.74, 6) is 0. The molecule has 90 valence electrons. The average molecular weight is 276 g/mol. The average Bonchev–Trinajstić information content (AvgIpc) is 2.82. The molecule has 0 amide bonds. The van der Waals surface area contributed by atoms with Crippen LogP contribution in [-0.4, -0.2) is 4.98 Å². The lowest BCUT2D eigenvalue weighted by Crippen LogP contribution is -1.83. The fraction of sp³-hybridized carbons (Fsp3) is 0. The summed E-state index contributed by atoms with van der Waals surface area (Å²) in [5.41, 5.74) is 8.31. The molecule has 3 rings (SSSR count). The molecule has 0 radical (unpaired) electrons. The molecule has 0 saturated heterocycles. The van der Waals surface area contributed by atoms with Gasteiger partial charge < -0.3 is 5.73 Å². The third-order valence-corrected chi connectivity index (χ3v) is 4.11. The minimum atomic E-state index is 0.253. The zero-order chi connectivity index (χ0) is 12.5. The first kappa shape index (κ1) is 11.5. The van der Waals surface area contributed by atoms with Crippen molar-refractivity contribution in [3.8, 4) is 10.6 Å². The van der Waals surface area contributed by atoms with Gasteiger partial charge in [0.15, 0.2) is 0 Å². The van der Waals surface area contributed by atoms with E-state index in [1.807, 2.05) is 36.4 Å². The summed E-state index contributed by atoms with van der Waals surface area (Å²) >= 11 is 1.81. The third-order valence-electron chi connectivity index (χ3n) is 2.61. The van der Waals surface area contributed by atoms with Gasteiger partial charge in [0.05, 0.1) is 22.4 Å². The molecule has 0 saturated carbocycles. The van der Waals surface area contributed by atoms with Gasteiger partial charge in [0, 0.05) is 16.1 Å². The second kappa shape index (κ2) is 4.59. The molecule has 0 aliphatic rings. The van der Waals surface area contributed by atoms with Crippen molar-refractivity contribution in [2.24, 2.45) is 0 Å². The second-order valence-electron chi connectivity index (χ2n) is 3.85. The number of hydrogen-bond donors (Lipinski definition) is 1. The SMILES string of the molecule is Nc1ccc(-c2nc3ccc(SF)cc3s2)cc1. The molecular formula is C13H9FN2S2. The Morgan fingerprint density at radius 3 is 2.61 bits per heavy atom. The molecule has 1 aromatic heterocycles. The molecule has 2 aromatic carbocycles. The summed E-state index contributed by atoms with van der Waals surface area (Å²) in [4.78, 5) is 5.14. The highest BCUT2D eigenvalue weighted by Crippen LogP contribution is 2.33. The van der Waals surface area contributed by atoms with Crippen molar-refractivity contribution in [1.29, 1.82) is 0 Å². The van der Waals surface area contributed by atoms with Crippen LogP contribution in [0.5, 0.6) is 0 Å². The Morgan fingerprint density at radius 2 is 1.89 bits per heavy atom. The quantitative estimate of drug-likeness (QED) is 0.699. The van der Waals surface area contributed by atoms with Crippen LogP contribution in [0.3, 0.4) is 0 Å². The molecule has 0 unspecified atom stereocenters. The van der Waals surface area contributed by atoms with Crippen molar-refractivity contribution >= 4 is 39.4 Å². The Bertz CT molecular complexity index is 692. The number of anilines is 1. The highest BCUT2D eigenvalue weighted by atomic mass is 32.2. The number of fused-ring (bicyclic) bond motifs is 1. The number of thiazole rings is 1. The van der Waals surface area contributed by atoms with E-state index in [-0.39, 0.29) is 12.1 Å². The smallest absolute Gasteiger partial charge is 0.124 e. The van der Waals surface area contributed by atoms with Gasteiger partial charge in [0.25, 0.3) is 0 Å². The van der Waals surface area contributed by atoms with Gasteiger partial charge in [-0.1, -0.05) is 0 Å². The Kier molecular flexibility index (Phi) is 2.93. The first-order valence-corrected chi connectivity index (χ1v) is 6.85. The number of rotatable bonds is 2. The van der Waals surface area contributed by atoms with E-state index in [9.17, 15) is 3.89 Å². The first-order chi connectivity index (χ1) is 8.76. The van der Waals surface area contributed by atoms with E-state index in [1.165, 1.54) is 0 Å². The zero-order valence-electron chi connectivity index (χ0n) is 9.26. The second-order valence-corrected chi connectivity index (χ2v) is 5.50. The van der Waals surface area contributed by atoms with Crippen LogP contribution in [0.25, 0.3) is 20.8 Å². The fourth-order valence-corrected chi connectivity index (χ4v) is 3.07. The van der Waals surface area contributed by atoms with Crippen molar-refractivity contribution < 1.29 is 3.89 Å². The first-order valence-electron chi connectivity index (χ1n) is 5.31. The molecule has 0 atom stereocenters. The van der Waals surface area contributed by atoms with Crippen LogP contribution in [0.4, 0.5) is 9.57 Å². The Balaban J connectivity index is 2.10. The van der Waals surface area contributed by atoms with Crippen LogP contribution in [-0.2, 0) is 0 Å². The lowest BCUT2D eigenvalue weighted by atomic mass is 10.2. The van der Waals surface area contributed by atoms with Crippen molar-refractivity contribution in [3.63, 3.8) is 0 Å². The minimum Gasteiger partial charge on any atom is -0.399 e. The van der Waals surface area contributed by atoms with Crippen LogP contribution in [0, 0.1) is 0 Å². The Labute approximate surface area is 112 Å². The van der Waals surface area contributed by atoms with E-state index in [1.54, 1.807) is 17.4 Å². The normalized spacial score (nSPS) is 10.9. The molecule has 0 spiro atoms. The molecule has 0 aliphatic carbocycles. The van der Waals surface area contributed by atoms with Crippen LogP contribution >= 0.6 is 23.5 Å². The fourth-order valence-electron chi connectivity index (χ4n) is 1.70. The lowest BCUT2D eigenvalue weighted by molar-refractivity contribution is 0.934. The van der Waals surface area contributed by atoms with E-state index >= 15 is 0 Å². The molecule has 3 aromatic rings. The molecule has 18 heavy (non-hydrogen) atoms. The minimum absolute atomic E-state index is 0.253. The number of halogens is 1. The number of benzene rings is 2. The van der Waals surface area contributed by atoms with Crippen molar-refractivity contribution in [1.82, 2.24) is 4.98 Å². The van der Waals surface area contributed by atoms with E-state index in [4.69, 9.17) is 5.73 Å². The van der Waals surface area contributed by atoms with Gasteiger partial charge >= 0.3 is 0 Å². The van der Waals surface area contributed by atoms with Crippen LogP contribution < -0.4 is 5.73 Å². The largest absolute Gasteiger partial charge is 0.399 e. The molecule has 2 N–H and O–H groups in total. The maximum absolute atomic E-state index is 12.5. The standard InChI is InChI=1S/C13H9FN2S2/c14-18-10-5-6-11-12(7-10)17-13(16-11)8-1-3-9(15)4-2-8/h1-7H,15H2. The van der Waals surface area contributed by atoms with Gasteiger partial charge in [-0.3, -0.25) is 0 Å². The van der Waals surface area contributed by atoms with E-state index in [0.29, 0.717) is 4.90 Å². The van der Waals surface area contributed by atoms with Gasteiger partial charge in [-0.2, -0.15) is 3.89 Å². The number of aromatic nitrogens is 1. The van der Waals surface area contributed by atoms with Crippen LogP contribution in [0.1, 0.15) is 0 Å². The lowest BCUT2D eigenvalue weighted by Gasteiger charge is -1.95. The molecular weight excluding hydrogens is 267 g/mol. The van der Waals surface area contributed by atoms with Crippen molar-refractivity contribution in [2.75, 3.05) is 5.73 Å². The van der Waals surface area contributed by atoms with Crippen LogP contribution in [0.2, 0.25) is 0 Å². The van der Waals surface area contributed by atoms with Gasteiger partial charge in [-0.25, -0.2) is 4.98 Å². The topological polar surface area (TPSA) is 38.9 Å². The summed E-state index contributed by atoms with van der Waals surface area (Å²) < 4.78 is 13.5. The summed E-state index contributed by atoms with van der Waals surface area (Å²) in [6.45, 7) is 0. The van der Waals surface area contributed by atoms with Crippen molar-refractivity contribution in [2.45, 2.75) is 4.90 Å². The van der Waals surface area contributed by atoms with Crippen LogP contribution in [0.15, 0.2) is 47.4 Å². The maximum Gasteiger partial charge on any atom is 0.124 e. The molecule has 0 fully saturated rings. The Morgan fingerprint density at radius 1 is 1.11 bits per heavy atom. The summed E-state index contributed by atoms with van der Waals surface area (Å²) in [5, 5.41) is 0.922. The number of hydrogen-bond acceptors (Lipinski definition) is 4. The van der Waals surface area contributed by atoms with Gasteiger partial charge in [0.2, 0.25) is 0 Å². The van der Waals surface area contributed by atoms with E-state index in [2.05, 4.69) is 4.98 Å². The molecule has 2 nitrogen and oxygen atoms in total. The zero-order valence-corrected chi connectivity index (χ0v) is 10.9. The predicted octanol–water partition coefficient (Wildman–Crippen LogP) is 4.52. The monoisotopic (exact) mass is 276 g/mol. The number of nitrogen functional groups attached to an aromatic ring is 1. The predicted molar refractivity (Wildman–Crippen MR) is 76.4 cm³/mol. The van der Waals surface area contributed by atoms with Gasteiger partial charge in [-0.15, -0.1) is 11.3 Å². The molecule has 0 aliphatic heterocycles.